The first-order chi connectivity index (χ1) is 7.99. The van der Waals surface area contributed by atoms with Crippen LogP contribution in [0.1, 0.15) is 31.8 Å². The molecule has 0 aromatic carbocycles. The Morgan fingerprint density at radius 1 is 1.65 bits per heavy atom. The summed E-state index contributed by atoms with van der Waals surface area (Å²) >= 11 is 6.09. The number of carbonyl (C=O) groups is 1. The highest BCUT2D eigenvalue weighted by atomic mass is 35.5. The number of halogens is 1. The average Bonchev–Trinajstić information content (AvgIpc) is 2.54. The van der Waals surface area contributed by atoms with E-state index in [1.165, 1.54) is 0 Å². The van der Waals surface area contributed by atoms with Crippen LogP contribution in [-0.2, 0) is 24.2 Å². The molecule has 0 bridgehead atoms. The zero-order valence-corrected chi connectivity index (χ0v) is 10.9. The van der Waals surface area contributed by atoms with Crippen molar-refractivity contribution in [3.8, 4) is 0 Å². The quantitative estimate of drug-likeness (QED) is 0.903. The van der Waals surface area contributed by atoms with Gasteiger partial charge in [-0.05, 0) is 12.3 Å². The summed E-state index contributed by atoms with van der Waals surface area (Å²) < 4.78 is 2.10. The number of rotatable bonds is 3. The molecule has 1 atom stereocenters. The third-order valence-electron chi connectivity index (χ3n) is 3.18. The summed E-state index contributed by atoms with van der Waals surface area (Å²) in [6.45, 7) is 4.99. The van der Waals surface area contributed by atoms with Crippen molar-refractivity contribution < 1.29 is 9.90 Å². The van der Waals surface area contributed by atoms with E-state index in [1.54, 1.807) is 0 Å². The molecule has 1 aliphatic rings. The van der Waals surface area contributed by atoms with Crippen LogP contribution in [0.3, 0.4) is 0 Å². The fourth-order valence-electron chi connectivity index (χ4n) is 2.32. The van der Waals surface area contributed by atoms with Gasteiger partial charge in [0, 0.05) is 19.4 Å². The van der Waals surface area contributed by atoms with E-state index in [0.717, 1.165) is 17.9 Å². The van der Waals surface area contributed by atoms with E-state index in [-0.39, 0.29) is 5.92 Å². The van der Waals surface area contributed by atoms with Crippen LogP contribution in [0, 0.1) is 11.8 Å². The molecule has 0 radical (unpaired) electrons. The van der Waals surface area contributed by atoms with Gasteiger partial charge in [0.15, 0.2) is 5.15 Å². The van der Waals surface area contributed by atoms with Crippen LogP contribution in [0.15, 0.2) is 0 Å². The number of nitrogens with zero attached hydrogens (tertiary/aromatic N) is 2. The minimum atomic E-state index is -0.737. The van der Waals surface area contributed by atoms with Crippen LogP contribution in [0.25, 0.3) is 0 Å². The molecule has 0 amide bonds. The summed E-state index contributed by atoms with van der Waals surface area (Å²) in [5, 5.41) is 9.51. The molecule has 0 spiro atoms. The zero-order valence-electron chi connectivity index (χ0n) is 10.1. The van der Waals surface area contributed by atoms with E-state index in [2.05, 4.69) is 23.4 Å². The van der Waals surface area contributed by atoms with Crippen LogP contribution in [0.5, 0.6) is 0 Å². The molecule has 4 nitrogen and oxygen atoms in total. The second-order valence-corrected chi connectivity index (χ2v) is 5.40. The maximum Gasteiger partial charge on any atom is 0.306 e. The van der Waals surface area contributed by atoms with Crippen molar-refractivity contribution in [2.75, 3.05) is 0 Å². The highest BCUT2D eigenvalue weighted by Crippen LogP contribution is 2.28. The second kappa shape index (κ2) is 4.69. The third-order valence-corrected chi connectivity index (χ3v) is 3.49. The van der Waals surface area contributed by atoms with Crippen LogP contribution in [0.2, 0.25) is 5.15 Å². The zero-order chi connectivity index (χ0) is 12.6. The molecule has 5 heteroatoms. The van der Waals surface area contributed by atoms with Crippen molar-refractivity contribution in [1.82, 2.24) is 9.55 Å². The first kappa shape index (κ1) is 12.4. The molecule has 1 unspecified atom stereocenters. The molecule has 17 heavy (non-hydrogen) atoms. The molecule has 2 rings (SSSR count). The number of hydrogen-bond acceptors (Lipinski definition) is 2. The van der Waals surface area contributed by atoms with Crippen molar-refractivity contribution in [3.63, 3.8) is 0 Å². The average molecular weight is 257 g/mol. The Morgan fingerprint density at radius 2 is 2.35 bits per heavy atom. The van der Waals surface area contributed by atoms with Gasteiger partial charge in [-0.15, -0.1) is 0 Å². The third kappa shape index (κ3) is 2.46. The predicted octanol–water partition coefficient (Wildman–Crippen LogP) is 2.38. The number of aliphatic carboxylic acids is 1. The summed E-state index contributed by atoms with van der Waals surface area (Å²) in [5.41, 5.74) is 0.890. The van der Waals surface area contributed by atoms with Crippen LogP contribution < -0.4 is 0 Å². The topological polar surface area (TPSA) is 55.1 Å². The Hall–Kier alpha value is -1.03. The van der Waals surface area contributed by atoms with Crippen molar-refractivity contribution in [3.05, 3.63) is 16.7 Å². The highest BCUT2D eigenvalue weighted by molar-refractivity contribution is 6.30. The van der Waals surface area contributed by atoms with Gasteiger partial charge in [0.25, 0.3) is 0 Å². The van der Waals surface area contributed by atoms with E-state index >= 15 is 0 Å². The van der Waals surface area contributed by atoms with Crippen molar-refractivity contribution in [2.45, 2.75) is 39.7 Å². The van der Waals surface area contributed by atoms with Crippen molar-refractivity contribution in [1.29, 1.82) is 0 Å². The number of imidazole rings is 1. The predicted molar refractivity (Wildman–Crippen MR) is 65.2 cm³/mol. The Labute approximate surface area is 106 Å². The number of carboxylic acid groups (broad SMARTS) is 1. The maximum absolute atomic E-state index is 11.0. The second-order valence-electron chi connectivity index (χ2n) is 5.04. The largest absolute Gasteiger partial charge is 0.481 e. The van der Waals surface area contributed by atoms with E-state index in [9.17, 15) is 4.79 Å². The smallest absolute Gasteiger partial charge is 0.306 e. The number of hydrogen-bond donors (Lipinski definition) is 1. The van der Waals surface area contributed by atoms with Gasteiger partial charge in [-0.25, -0.2) is 4.98 Å². The molecule has 2 heterocycles. The van der Waals surface area contributed by atoms with Crippen molar-refractivity contribution in [2.24, 2.45) is 11.8 Å². The molecule has 1 N–H and O–H groups in total. The maximum atomic E-state index is 11.0. The molecular formula is C12H17ClN2O2. The van der Waals surface area contributed by atoms with Gasteiger partial charge >= 0.3 is 5.97 Å². The SMILES string of the molecule is CC(C)Cc1nc(Cl)c2n1CCC(C(=O)O)C2. The van der Waals surface area contributed by atoms with Crippen LogP contribution in [0.4, 0.5) is 0 Å². The lowest BCUT2D eigenvalue weighted by atomic mass is 9.96. The van der Waals surface area contributed by atoms with Crippen LogP contribution >= 0.6 is 11.6 Å². The monoisotopic (exact) mass is 256 g/mol. The Morgan fingerprint density at radius 3 is 2.94 bits per heavy atom. The minimum Gasteiger partial charge on any atom is -0.481 e. The van der Waals surface area contributed by atoms with Gasteiger partial charge in [0.05, 0.1) is 11.6 Å². The summed E-state index contributed by atoms with van der Waals surface area (Å²) in [4.78, 5) is 15.3. The fraction of sp³-hybridized carbons (Fsp3) is 0.667. The number of carboxylic acids is 1. The molecule has 1 aliphatic heterocycles. The molecule has 0 saturated carbocycles. The Balaban J connectivity index is 2.27. The Kier molecular flexibility index (Phi) is 3.43. The molecular weight excluding hydrogens is 240 g/mol. The van der Waals surface area contributed by atoms with Crippen molar-refractivity contribution >= 4 is 17.6 Å². The molecule has 0 fully saturated rings. The van der Waals surface area contributed by atoms with Gasteiger partial charge in [-0.2, -0.15) is 0 Å². The normalized spacial score (nSPS) is 19.4. The fourth-order valence-corrected chi connectivity index (χ4v) is 2.59. The lowest BCUT2D eigenvalue weighted by molar-refractivity contribution is -0.142. The van der Waals surface area contributed by atoms with Crippen LogP contribution in [-0.4, -0.2) is 20.6 Å². The first-order valence-electron chi connectivity index (χ1n) is 5.95. The lowest BCUT2D eigenvalue weighted by Crippen LogP contribution is -2.26. The summed E-state index contributed by atoms with van der Waals surface area (Å²) in [6, 6.07) is 0. The standard InChI is InChI=1S/C12H17ClN2O2/c1-7(2)5-10-14-11(13)9-6-8(12(16)17)3-4-15(9)10/h7-8H,3-6H2,1-2H3,(H,16,17). The molecule has 0 saturated heterocycles. The van der Waals surface area contributed by atoms with E-state index in [1.807, 2.05) is 0 Å². The number of fused-ring (bicyclic) bond motifs is 1. The van der Waals surface area contributed by atoms with E-state index in [0.29, 0.717) is 30.5 Å². The first-order valence-corrected chi connectivity index (χ1v) is 6.33. The van der Waals surface area contributed by atoms with Gasteiger partial charge in [0.1, 0.15) is 5.82 Å². The van der Waals surface area contributed by atoms with E-state index < -0.39 is 5.97 Å². The Bertz CT molecular complexity index is 440. The number of aromatic nitrogens is 2. The lowest BCUT2D eigenvalue weighted by Gasteiger charge is -2.22. The summed E-state index contributed by atoms with van der Waals surface area (Å²) in [7, 11) is 0. The molecule has 0 aliphatic carbocycles. The van der Waals surface area contributed by atoms with Gasteiger partial charge in [0.2, 0.25) is 0 Å². The summed E-state index contributed by atoms with van der Waals surface area (Å²) in [5.74, 6) is 0.459. The van der Waals surface area contributed by atoms with Gasteiger partial charge in [-0.3, -0.25) is 4.79 Å². The summed E-state index contributed by atoms with van der Waals surface area (Å²) in [6.07, 6.45) is 2.05. The molecule has 94 valence electrons. The van der Waals surface area contributed by atoms with E-state index in [4.69, 9.17) is 16.7 Å². The molecule has 1 aromatic heterocycles. The van der Waals surface area contributed by atoms with Gasteiger partial charge in [-0.1, -0.05) is 25.4 Å². The van der Waals surface area contributed by atoms with Gasteiger partial charge < -0.3 is 9.67 Å². The highest BCUT2D eigenvalue weighted by Gasteiger charge is 2.28. The minimum absolute atomic E-state index is 0.316. The molecule has 1 aromatic rings.